The fourth-order valence-electron chi connectivity index (χ4n) is 1.77. The highest BCUT2D eigenvalue weighted by atomic mass is 79.9. The van der Waals surface area contributed by atoms with Crippen LogP contribution in [-0.4, -0.2) is 12.5 Å². The number of amides is 1. The number of halogens is 3. The molecule has 0 saturated heterocycles. The summed E-state index contributed by atoms with van der Waals surface area (Å²) in [7, 11) is 0. The lowest BCUT2D eigenvalue weighted by Crippen LogP contribution is -2.31. The second kappa shape index (κ2) is 6.96. The minimum atomic E-state index is -0.819. The Morgan fingerprint density at radius 1 is 1.37 bits per heavy atom. The second-order valence-electron chi connectivity index (χ2n) is 4.80. The van der Waals surface area contributed by atoms with Crippen molar-refractivity contribution in [1.82, 2.24) is 0 Å². The summed E-state index contributed by atoms with van der Waals surface area (Å²) in [6.45, 7) is 4.05. The zero-order valence-electron chi connectivity index (χ0n) is 10.8. The molecule has 3 N–H and O–H groups in total. The number of benzene rings is 1. The van der Waals surface area contributed by atoms with Crippen molar-refractivity contribution in [1.29, 1.82) is 0 Å². The van der Waals surface area contributed by atoms with Crippen molar-refractivity contribution in [3.63, 3.8) is 0 Å². The fraction of sp³-hybridized carbons (Fsp3) is 0.462. The lowest BCUT2D eigenvalue weighted by Gasteiger charge is -2.17. The van der Waals surface area contributed by atoms with Gasteiger partial charge in [0.1, 0.15) is 5.69 Å². The molecule has 0 fully saturated rings. The first kappa shape index (κ1) is 16.0. The summed E-state index contributed by atoms with van der Waals surface area (Å²) in [5.41, 5.74) is 5.09. The average Bonchev–Trinajstić information content (AvgIpc) is 2.30. The largest absolute Gasteiger partial charge is 0.330 e. The standard InChI is InChI=1S/C13H17BrF2N2O/c1-7(2)3-8(6-17)13(19)18-12-10(15)4-9(14)5-11(12)16/h4-5,7-8H,3,6,17H2,1-2H3,(H,18,19). The fourth-order valence-corrected chi connectivity index (χ4v) is 2.17. The van der Waals surface area contributed by atoms with E-state index in [-0.39, 0.29) is 16.9 Å². The minimum absolute atomic E-state index is 0.143. The van der Waals surface area contributed by atoms with Gasteiger partial charge in [-0.3, -0.25) is 4.79 Å². The number of nitrogens with one attached hydrogen (secondary N) is 1. The monoisotopic (exact) mass is 334 g/mol. The van der Waals surface area contributed by atoms with Crippen LogP contribution in [0.1, 0.15) is 20.3 Å². The molecule has 0 radical (unpaired) electrons. The maximum atomic E-state index is 13.6. The predicted molar refractivity (Wildman–Crippen MR) is 74.7 cm³/mol. The molecule has 0 aromatic heterocycles. The molecule has 0 bridgehead atoms. The molecule has 1 unspecified atom stereocenters. The smallest absolute Gasteiger partial charge is 0.228 e. The third kappa shape index (κ3) is 4.54. The molecule has 3 nitrogen and oxygen atoms in total. The third-order valence-electron chi connectivity index (χ3n) is 2.67. The summed E-state index contributed by atoms with van der Waals surface area (Å²) in [4.78, 5) is 11.9. The number of hydrogen-bond acceptors (Lipinski definition) is 2. The van der Waals surface area contributed by atoms with Crippen molar-refractivity contribution in [3.8, 4) is 0 Å². The quantitative estimate of drug-likeness (QED) is 0.868. The summed E-state index contributed by atoms with van der Waals surface area (Å²) in [5.74, 6) is -2.28. The van der Waals surface area contributed by atoms with Crippen molar-refractivity contribution >= 4 is 27.5 Å². The molecule has 1 amide bonds. The first-order valence-corrected chi connectivity index (χ1v) is 6.80. The van der Waals surface area contributed by atoms with Gasteiger partial charge in [0.25, 0.3) is 0 Å². The van der Waals surface area contributed by atoms with Crippen molar-refractivity contribution in [3.05, 3.63) is 28.2 Å². The van der Waals surface area contributed by atoms with E-state index in [0.717, 1.165) is 12.1 Å². The van der Waals surface area contributed by atoms with Crippen LogP contribution in [-0.2, 0) is 4.79 Å². The van der Waals surface area contributed by atoms with E-state index < -0.39 is 29.1 Å². The van der Waals surface area contributed by atoms with Gasteiger partial charge >= 0.3 is 0 Å². The number of rotatable bonds is 5. The molecule has 0 aliphatic rings. The van der Waals surface area contributed by atoms with Gasteiger partial charge in [0, 0.05) is 11.0 Å². The van der Waals surface area contributed by atoms with Crippen LogP contribution in [0.15, 0.2) is 16.6 Å². The van der Waals surface area contributed by atoms with Gasteiger partial charge < -0.3 is 11.1 Å². The minimum Gasteiger partial charge on any atom is -0.330 e. The highest BCUT2D eigenvalue weighted by Crippen LogP contribution is 2.24. The molecule has 106 valence electrons. The van der Waals surface area contributed by atoms with Crippen LogP contribution in [0.2, 0.25) is 0 Å². The maximum Gasteiger partial charge on any atom is 0.228 e. The first-order valence-electron chi connectivity index (χ1n) is 6.00. The molecule has 6 heteroatoms. The Balaban J connectivity index is 2.87. The molecule has 0 heterocycles. The number of carbonyl (C=O) groups is 1. The van der Waals surface area contributed by atoms with Gasteiger partial charge in [-0.1, -0.05) is 29.8 Å². The molecular formula is C13H17BrF2N2O. The van der Waals surface area contributed by atoms with E-state index >= 15 is 0 Å². The summed E-state index contributed by atoms with van der Waals surface area (Å²) >= 11 is 2.98. The van der Waals surface area contributed by atoms with Crippen LogP contribution in [0.3, 0.4) is 0 Å². The summed E-state index contributed by atoms with van der Waals surface area (Å²) in [6.07, 6.45) is 0.572. The molecule has 19 heavy (non-hydrogen) atoms. The van der Waals surface area contributed by atoms with Crippen molar-refractivity contribution in [2.45, 2.75) is 20.3 Å². The normalized spacial score (nSPS) is 12.6. The molecule has 0 saturated carbocycles. The lowest BCUT2D eigenvalue weighted by molar-refractivity contribution is -0.120. The number of anilines is 1. The van der Waals surface area contributed by atoms with Crippen LogP contribution in [0, 0.1) is 23.5 Å². The molecule has 1 aromatic carbocycles. The van der Waals surface area contributed by atoms with E-state index in [4.69, 9.17) is 5.73 Å². The van der Waals surface area contributed by atoms with Crippen LogP contribution >= 0.6 is 15.9 Å². The van der Waals surface area contributed by atoms with Gasteiger partial charge in [0.2, 0.25) is 5.91 Å². The Morgan fingerprint density at radius 3 is 2.32 bits per heavy atom. The Bertz CT molecular complexity index is 443. The highest BCUT2D eigenvalue weighted by Gasteiger charge is 2.21. The van der Waals surface area contributed by atoms with Gasteiger partial charge in [-0.05, 0) is 24.5 Å². The van der Waals surface area contributed by atoms with Gasteiger partial charge in [0.05, 0.1) is 5.92 Å². The van der Waals surface area contributed by atoms with E-state index in [1.807, 2.05) is 13.8 Å². The Morgan fingerprint density at radius 2 is 1.89 bits per heavy atom. The zero-order chi connectivity index (χ0) is 14.6. The average molecular weight is 335 g/mol. The molecular weight excluding hydrogens is 318 g/mol. The van der Waals surface area contributed by atoms with Gasteiger partial charge in [0.15, 0.2) is 11.6 Å². The Labute approximate surface area is 119 Å². The molecule has 0 aliphatic carbocycles. The van der Waals surface area contributed by atoms with Gasteiger partial charge in [-0.2, -0.15) is 0 Å². The van der Waals surface area contributed by atoms with Crippen LogP contribution in [0.25, 0.3) is 0 Å². The van der Waals surface area contributed by atoms with E-state index in [1.165, 1.54) is 0 Å². The number of carbonyl (C=O) groups excluding carboxylic acids is 1. The topological polar surface area (TPSA) is 55.1 Å². The first-order chi connectivity index (χ1) is 8.85. The summed E-state index contributed by atoms with van der Waals surface area (Å²) < 4.78 is 27.4. The van der Waals surface area contributed by atoms with E-state index in [1.54, 1.807) is 0 Å². The molecule has 0 spiro atoms. The maximum absolute atomic E-state index is 13.6. The van der Waals surface area contributed by atoms with Crippen LogP contribution in [0.5, 0.6) is 0 Å². The zero-order valence-corrected chi connectivity index (χ0v) is 12.4. The summed E-state index contributed by atoms with van der Waals surface area (Å²) in [6, 6.07) is 2.19. The van der Waals surface area contributed by atoms with Crippen molar-refractivity contribution in [2.24, 2.45) is 17.6 Å². The summed E-state index contributed by atoms with van der Waals surface area (Å²) in [5, 5.41) is 2.27. The lowest BCUT2D eigenvalue weighted by atomic mass is 9.96. The van der Waals surface area contributed by atoms with Crippen molar-refractivity contribution in [2.75, 3.05) is 11.9 Å². The van der Waals surface area contributed by atoms with E-state index in [9.17, 15) is 13.6 Å². The second-order valence-corrected chi connectivity index (χ2v) is 5.71. The SMILES string of the molecule is CC(C)CC(CN)C(=O)Nc1c(F)cc(Br)cc1F. The third-order valence-corrected chi connectivity index (χ3v) is 3.12. The molecule has 1 aromatic rings. The van der Waals surface area contributed by atoms with Crippen molar-refractivity contribution < 1.29 is 13.6 Å². The molecule has 1 atom stereocenters. The number of hydrogen-bond donors (Lipinski definition) is 2. The van der Waals surface area contributed by atoms with Gasteiger partial charge in [-0.15, -0.1) is 0 Å². The molecule has 0 aliphatic heterocycles. The molecule has 1 rings (SSSR count). The van der Waals surface area contributed by atoms with Crippen LogP contribution in [0.4, 0.5) is 14.5 Å². The van der Waals surface area contributed by atoms with E-state index in [0.29, 0.717) is 6.42 Å². The predicted octanol–water partition coefficient (Wildman–Crippen LogP) is 3.29. The Hall–Kier alpha value is -1.01. The number of nitrogens with two attached hydrogens (primary N) is 1. The van der Waals surface area contributed by atoms with E-state index in [2.05, 4.69) is 21.2 Å². The Kier molecular flexibility index (Phi) is 5.87. The van der Waals surface area contributed by atoms with Gasteiger partial charge in [-0.25, -0.2) is 8.78 Å². The highest BCUT2D eigenvalue weighted by molar-refractivity contribution is 9.10. The van der Waals surface area contributed by atoms with Crippen LogP contribution < -0.4 is 11.1 Å².